The zero-order valence-corrected chi connectivity index (χ0v) is 18.9. The van der Waals surface area contributed by atoms with Crippen molar-refractivity contribution >= 4 is 38.7 Å². The molecule has 0 radical (unpaired) electrons. The molecule has 1 amide bonds. The maximum Gasteiger partial charge on any atom is 0.276 e. The second-order valence-corrected chi connectivity index (χ2v) is 9.56. The third-order valence-electron chi connectivity index (χ3n) is 4.70. The number of nitrogens with one attached hydrogen (secondary N) is 2. The first kappa shape index (κ1) is 22.6. The van der Waals surface area contributed by atoms with Crippen LogP contribution in [-0.2, 0) is 16.4 Å². The van der Waals surface area contributed by atoms with Crippen LogP contribution in [0, 0.1) is 12.7 Å². The van der Waals surface area contributed by atoms with Crippen molar-refractivity contribution in [3.05, 3.63) is 81.3 Å². The fourth-order valence-corrected chi connectivity index (χ4v) is 4.79. The zero-order valence-electron chi connectivity index (χ0n) is 17.3. The van der Waals surface area contributed by atoms with Crippen LogP contribution in [0.4, 0.5) is 10.1 Å². The van der Waals surface area contributed by atoms with E-state index in [-0.39, 0.29) is 10.8 Å². The molecule has 0 fully saturated rings. The Labute approximate surface area is 184 Å². The molecule has 1 heterocycles. The second kappa shape index (κ2) is 9.40. The highest BCUT2D eigenvalue weighted by Crippen LogP contribution is 2.23. The summed E-state index contributed by atoms with van der Waals surface area (Å²) in [6.07, 6.45) is 0.776. The van der Waals surface area contributed by atoms with Gasteiger partial charge in [-0.25, -0.2) is 4.39 Å². The summed E-state index contributed by atoms with van der Waals surface area (Å²) in [6.45, 7) is 5.65. The second-order valence-electron chi connectivity index (χ2n) is 6.82. The first-order valence-electron chi connectivity index (χ1n) is 9.51. The van der Waals surface area contributed by atoms with E-state index in [1.54, 1.807) is 42.5 Å². The lowest BCUT2D eigenvalue weighted by atomic mass is 10.1. The summed E-state index contributed by atoms with van der Waals surface area (Å²) in [5, 5.41) is 8.68. The van der Waals surface area contributed by atoms with Crippen molar-refractivity contribution in [3.8, 4) is 0 Å². The van der Waals surface area contributed by atoms with Crippen LogP contribution in [0.15, 0.2) is 63.9 Å². The summed E-state index contributed by atoms with van der Waals surface area (Å²) in [5.74, 6) is -0.717. The fourth-order valence-electron chi connectivity index (χ4n) is 2.99. The van der Waals surface area contributed by atoms with Gasteiger partial charge in [0, 0.05) is 15.9 Å². The van der Waals surface area contributed by atoms with Crippen LogP contribution in [-0.4, -0.2) is 20.0 Å². The Bertz CT molecular complexity index is 1230. The van der Waals surface area contributed by atoms with Gasteiger partial charge in [-0.05, 0) is 67.8 Å². The maximum absolute atomic E-state index is 13.0. The average Bonchev–Trinajstić information content (AvgIpc) is 3.13. The smallest absolute Gasteiger partial charge is 0.276 e. The first-order chi connectivity index (χ1) is 14.7. The minimum atomic E-state index is -3.92. The van der Waals surface area contributed by atoms with Gasteiger partial charge in [-0.2, -0.15) is 18.4 Å². The summed E-state index contributed by atoms with van der Waals surface area (Å²) in [6, 6.07) is 11.4. The molecule has 0 aliphatic carbocycles. The lowest BCUT2D eigenvalue weighted by Gasteiger charge is -2.09. The van der Waals surface area contributed by atoms with Gasteiger partial charge < -0.3 is 5.32 Å². The van der Waals surface area contributed by atoms with Crippen LogP contribution in [0.5, 0.6) is 0 Å². The van der Waals surface area contributed by atoms with E-state index in [1.807, 2.05) is 19.2 Å². The number of aryl methyl sites for hydroxylation is 1. The largest absolute Gasteiger partial charge is 0.322 e. The summed E-state index contributed by atoms with van der Waals surface area (Å²) in [4.78, 5) is 15.9. The molecule has 3 aromatic rings. The molecule has 2 N–H and O–H groups in total. The Hall–Kier alpha value is -3.04. The maximum atomic E-state index is 13.0. The topological polar surface area (TPSA) is 87.6 Å². The van der Waals surface area contributed by atoms with Crippen LogP contribution in [0.1, 0.15) is 40.2 Å². The molecule has 0 saturated carbocycles. The first-order valence-corrected chi connectivity index (χ1v) is 11.9. The van der Waals surface area contributed by atoms with Crippen LogP contribution in [0.25, 0.3) is 0 Å². The van der Waals surface area contributed by atoms with E-state index in [2.05, 4.69) is 15.2 Å². The number of amides is 1. The molecule has 0 bridgehead atoms. The van der Waals surface area contributed by atoms with Crippen LogP contribution in [0.3, 0.4) is 0 Å². The number of carbonyl (C=O) groups excluding carboxylic acids is 1. The molecule has 0 unspecified atom stereocenters. The molecular formula is C22H22FN3O3S2. The summed E-state index contributed by atoms with van der Waals surface area (Å²) in [5.41, 5.74) is 3.31. The van der Waals surface area contributed by atoms with E-state index < -0.39 is 15.8 Å². The molecule has 0 saturated heterocycles. The Morgan fingerprint density at radius 1 is 1.16 bits per heavy atom. The number of carbonyl (C=O) groups is 1. The van der Waals surface area contributed by atoms with E-state index in [4.69, 9.17) is 0 Å². The number of hydrazone groups is 1. The molecule has 0 spiro atoms. The van der Waals surface area contributed by atoms with Gasteiger partial charge in [0.15, 0.2) is 0 Å². The van der Waals surface area contributed by atoms with Crippen LogP contribution in [0.2, 0.25) is 0 Å². The molecule has 0 aliphatic heterocycles. The van der Waals surface area contributed by atoms with Crippen molar-refractivity contribution in [2.45, 2.75) is 32.1 Å². The van der Waals surface area contributed by atoms with Gasteiger partial charge >= 0.3 is 0 Å². The quantitative estimate of drug-likeness (QED) is 0.396. The Balaban J connectivity index is 1.75. The number of hydrogen-bond acceptors (Lipinski definition) is 5. The number of rotatable bonds is 7. The normalized spacial score (nSPS) is 11.9. The minimum Gasteiger partial charge on any atom is -0.322 e. The number of nitrogens with zero attached hydrogens (tertiary/aromatic N) is 1. The number of benzene rings is 2. The Morgan fingerprint density at radius 3 is 2.55 bits per heavy atom. The monoisotopic (exact) mass is 459 g/mol. The lowest BCUT2D eigenvalue weighted by molar-refractivity contribution is 0.102. The van der Waals surface area contributed by atoms with Gasteiger partial charge in [0.1, 0.15) is 5.82 Å². The molecule has 31 heavy (non-hydrogen) atoms. The van der Waals surface area contributed by atoms with E-state index in [1.165, 1.54) is 0 Å². The molecule has 3 rings (SSSR count). The van der Waals surface area contributed by atoms with E-state index in [0.29, 0.717) is 22.5 Å². The number of hydrogen-bond donors (Lipinski definition) is 2. The van der Waals surface area contributed by atoms with E-state index in [0.717, 1.165) is 41.1 Å². The van der Waals surface area contributed by atoms with Crippen LogP contribution >= 0.6 is 11.3 Å². The summed E-state index contributed by atoms with van der Waals surface area (Å²) in [7, 11) is -3.92. The van der Waals surface area contributed by atoms with E-state index in [9.17, 15) is 17.6 Å². The molecule has 6 nitrogen and oxygen atoms in total. The molecule has 0 aliphatic rings. The van der Waals surface area contributed by atoms with E-state index >= 15 is 0 Å². The Kier molecular flexibility index (Phi) is 6.87. The highest BCUT2D eigenvalue weighted by atomic mass is 32.2. The number of anilines is 1. The van der Waals surface area contributed by atoms with Crippen molar-refractivity contribution < 1.29 is 17.6 Å². The third-order valence-corrected chi connectivity index (χ3v) is 6.88. The van der Waals surface area contributed by atoms with Gasteiger partial charge in [-0.1, -0.05) is 19.1 Å². The lowest BCUT2D eigenvalue weighted by Crippen LogP contribution is -2.20. The SMILES string of the molecule is CCc1c(C(=O)Nc2cccc(/C(C)=N/NS(=O)(=O)c3ccc(F)cc3)c2)csc1C. The molecule has 9 heteroatoms. The van der Waals surface area contributed by atoms with Gasteiger partial charge in [0.2, 0.25) is 0 Å². The summed E-state index contributed by atoms with van der Waals surface area (Å²) < 4.78 is 37.6. The van der Waals surface area contributed by atoms with Gasteiger partial charge in [-0.15, -0.1) is 11.3 Å². The predicted molar refractivity (Wildman–Crippen MR) is 122 cm³/mol. The molecular weight excluding hydrogens is 437 g/mol. The molecule has 2 aromatic carbocycles. The number of sulfonamides is 1. The number of thiophene rings is 1. The highest BCUT2D eigenvalue weighted by Gasteiger charge is 2.15. The van der Waals surface area contributed by atoms with Crippen molar-refractivity contribution in [2.24, 2.45) is 5.10 Å². The predicted octanol–water partition coefficient (Wildman–Crippen LogP) is 4.71. The number of halogens is 1. The van der Waals surface area contributed by atoms with Crippen molar-refractivity contribution in [2.75, 3.05) is 5.32 Å². The van der Waals surface area contributed by atoms with Crippen molar-refractivity contribution in [1.29, 1.82) is 0 Å². The van der Waals surface area contributed by atoms with Crippen molar-refractivity contribution in [3.63, 3.8) is 0 Å². The summed E-state index contributed by atoms with van der Waals surface area (Å²) >= 11 is 1.54. The highest BCUT2D eigenvalue weighted by molar-refractivity contribution is 7.89. The van der Waals surface area contributed by atoms with Crippen molar-refractivity contribution in [1.82, 2.24) is 4.83 Å². The van der Waals surface area contributed by atoms with Gasteiger partial charge in [0.25, 0.3) is 15.9 Å². The fraction of sp³-hybridized carbons (Fsp3) is 0.182. The van der Waals surface area contributed by atoms with Gasteiger partial charge in [0.05, 0.1) is 16.2 Å². The molecule has 162 valence electrons. The standard InChI is InChI=1S/C22H22FN3O3S2/c1-4-20-15(3)30-13-21(20)22(27)24-18-7-5-6-16(12-18)14(2)25-26-31(28,29)19-10-8-17(23)9-11-19/h5-13,26H,4H2,1-3H3,(H,24,27)/b25-14+. The zero-order chi connectivity index (χ0) is 22.6. The third kappa shape index (κ3) is 5.36. The Morgan fingerprint density at radius 2 is 1.87 bits per heavy atom. The van der Waals surface area contributed by atoms with Crippen LogP contribution < -0.4 is 10.1 Å². The molecule has 1 aromatic heterocycles. The van der Waals surface area contributed by atoms with Gasteiger partial charge in [-0.3, -0.25) is 4.79 Å². The average molecular weight is 460 g/mol. The minimum absolute atomic E-state index is 0.0933. The molecule has 0 atom stereocenters.